The molecule has 3 aromatic heterocycles. The van der Waals surface area contributed by atoms with Crippen molar-refractivity contribution in [2.45, 2.75) is 139 Å². The van der Waals surface area contributed by atoms with Crippen molar-refractivity contribution in [3.05, 3.63) is 116 Å². The molecule has 2 aromatic carbocycles. The summed E-state index contributed by atoms with van der Waals surface area (Å²) in [6.45, 7) is 4.86. The van der Waals surface area contributed by atoms with E-state index in [0.29, 0.717) is 155 Å². The molecule has 37 heteroatoms. The summed E-state index contributed by atoms with van der Waals surface area (Å²) in [6.07, 6.45) is 6.19. The van der Waals surface area contributed by atoms with Crippen molar-refractivity contribution >= 4 is 74.0 Å². The lowest BCUT2D eigenvalue weighted by molar-refractivity contribution is -0.173. The van der Waals surface area contributed by atoms with Crippen molar-refractivity contribution in [2.24, 2.45) is 11.8 Å². The van der Waals surface area contributed by atoms with Crippen LogP contribution in [0.4, 0.5) is 4.39 Å². The number of benzene rings is 2. The zero-order valence-electron chi connectivity index (χ0n) is 65.9. The van der Waals surface area contributed by atoms with Crippen molar-refractivity contribution in [1.29, 1.82) is 0 Å². The van der Waals surface area contributed by atoms with Crippen LogP contribution in [0.5, 0.6) is 0 Å². The van der Waals surface area contributed by atoms with Gasteiger partial charge in [0.2, 0.25) is 62.3 Å². The first-order valence-electron chi connectivity index (χ1n) is 39.2. The molecule has 8 amide bonds. The van der Waals surface area contributed by atoms with E-state index in [4.69, 9.17) is 52.4 Å². The Morgan fingerprint density at radius 3 is 1.91 bits per heavy atom. The maximum Gasteiger partial charge on any atom is 0.343 e. The minimum Gasteiger partial charge on any atom is -0.458 e. The molecule has 0 radical (unpaired) electrons. The number of sulfone groups is 1. The van der Waals surface area contributed by atoms with E-state index < -0.39 is 131 Å². The van der Waals surface area contributed by atoms with Crippen molar-refractivity contribution in [2.75, 3.05) is 145 Å². The Hall–Kier alpha value is -9.85. The van der Waals surface area contributed by atoms with Crippen LogP contribution in [0, 0.1) is 36.4 Å². The van der Waals surface area contributed by atoms with E-state index in [1.54, 1.807) is 50.4 Å². The van der Waals surface area contributed by atoms with Crippen LogP contribution >= 0.6 is 0 Å². The van der Waals surface area contributed by atoms with Gasteiger partial charge in [-0.2, -0.15) is 0 Å². The van der Waals surface area contributed by atoms with Gasteiger partial charge < -0.3 is 99.6 Å². The van der Waals surface area contributed by atoms with Gasteiger partial charge in [-0.3, -0.25) is 43.2 Å². The van der Waals surface area contributed by atoms with E-state index in [2.05, 4.69) is 64.3 Å². The minimum atomic E-state index is -3.61. The molecule has 10 rings (SSSR count). The predicted molar refractivity (Wildman–Crippen MR) is 415 cm³/mol. The van der Waals surface area contributed by atoms with Crippen molar-refractivity contribution < 1.29 is 108 Å². The standard InChI is InChI=1S/C80H103FN12O23S/c1-50-55-18-19-60(71-56-47-93-64(72(56)91-62(70(55)71)40-59(50)81)39-58-57(77(93)102)48-115-78(103)80(58,104)41-52-14-15-52)92-76(101)73(54-16-17-54)116-49-88-68(97)45-85-75(100)63(38-51-10-6-4-7-11-51)90-69(98)46-84-67(96)44-83-65(94)21-20-61(89-66(95)13-9-5-8-12-53-42-86-79(87-43-53)117(3,105)106)74(99)82-22-23-108-26-27-110-30-31-112-34-35-114-37-36-113-33-32-111-29-28-109-25-24-107-2/h4,6-7,10-11,39-40,42-43,52,54,60-61,63,73,104H,5,9,13-38,41,44-49H2,1-3H3,(H,82,99)(H,83,94)(H,84,96)(H,85,100)(H,88,97)(H,89,95)(H,90,98)(H,92,101)/t60-,61-,63-,73+,80-/m0/s1. The highest BCUT2D eigenvalue weighted by Gasteiger charge is 2.50. The third-order valence-electron chi connectivity index (χ3n) is 20.0. The molecule has 5 heterocycles. The quantitative estimate of drug-likeness (QED) is 0.00826. The Bertz CT molecular complexity index is 4560. The number of nitrogens with one attached hydrogen (secondary N) is 8. The normalized spacial score (nSPS) is 16.5. The molecule has 5 aliphatic rings. The van der Waals surface area contributed by atoms with Gasteiger partial charge in [0.25, 0.3) is 5.56 Å². The molecule has 117 heavy (non-hydrogen) atoms. The number of cyclic esters (lactones) is 1. The number of amides is 8. The Labute approximate surface area is 676 Å². The number of carbonyl (C=O) groups is 9. The second kappa shape index (κ2) is 44.6. The van der Waals surface area contributed by atoms with Gasteiger partial charge in [0.05, 0.1) is 159 Å². The highest BCUT2D eigenvalue weighted by atomic mass is 32.2. The Morgan fingerprint density at radius 1 is 0.684 bits per heavy atom. The summed E-state index contributed by atoms with van der Waals surface area (Å²) >= 11 is 0. The van der Waals surface area contributed by atoms with Crippen LogP contribution in [0.2, 0.25) is 0 Å². The van der Waals surface area contributed by atoms with Gasteiger partial charge >= 0.3 is 5.97 Å². The number of nitrogens with zero attached hydrogens (tertiary/aromatic N) is 4. The number of carbonyl (C=O) groups excluding carboxylic acids is 9. The van der Waals surface area contributed by atoms with Gasteiger partial charge in [-0.25, -0.2) is 32.6 Å². The molecule has 0 unspecified atom stereocenters. The monoisotopic (exact) mass is 1650 g/mol. The molecule has 5 atom stereocenters. The third kappa shape index (κ3) is 26.8. The molecule has 2 saturated carbocycles. The number of rotatable bonds is 51. The van der Waals surface area contributed by atoms with Gasteiger partial charge in [-0.15, -0.1) is 0 Å². The minimum absolute atomic E-state index is 0.0288. The number of pyridine rings is 2. The van der Waals surface area contributed by atoms with Gasteiger partial charge in [-0.1, -0.05) is 55.0 Å². The highest BCUT2D eigenvalue weighted by Crippen LogP contribution is 2.48. The summed E-state index contributed by atoms with van der Waals surface area (Å²) in [5.74, 6) is -1.05. The molecule has 9 N–H and O–H groups in total. The topological polar surface area (TPSA) is 457 Å². The summed E-state index contributed by atoms with van der Waals surface area (Å²) in [6, 6.07) is 8.51. The lowest BCUT2D eigenvalue weighted by atomic mass is 9.81. The van der Waals surface area contributed by atoms with Crippen LogP contribution < -0.4 is 48.1 Å². The molecule has 3 aliphatic carbocycles. The first-order valence-corrected chi connectivity index (χ1v) is 41.1. The predicted octanol–water partition coefficient (Wildman–Crippen LogP) is 0.525. The fourth-order valence-corrected chi connectivity index (χ4v) is 14.1. The number of hydrogen-bond acceptors (Lipinski definition) is 26. The Morgan fingerprint density at radius 2 is 1.28 bits per heavy atom. The zero-order chi connectivity index (χ0) is 83.3. The van der Waals surface area contributed by atoms with Crippen LogP contribution in [0.25, 0.3) is 22.3 Å². The zero-order valence-corrected chi connectivity index (χ0v) is 66.7. The second-order valence-electron chi connectivity index (χ2n) is 28.9. The largest absolute Gasteiger partial charge is 0.458 e. The van der Waals surface area contributed by atoms with E-state index in [-0.39, 0.29) is 113 Å². The van der Waals surface area contributed by atoms with Crippen molar-refractivity contribution in [3.8, 4) is 23.2 Å². The van der Waals surface area contributed by atoms with Crippen molar-refractivity contribution in [1.82, 2.24) is 62.1 Å². The first-order chi connectivity index (χ1) is 56.5. The lowest BCUT2D eigenvalue weighted by Crippen LogP contribution is -2.52. The Balaban J connectivity index is 0.643. The lowest BCUT2D eigenvalue weighted by Gasteiger charge is -2.32. The van der Waals surface area contributed by atoms with E-state index >= 15 is 4.39 Å². The van der Waals surface area contributed by atoms with Crippen LogP contribution in [-0.4, -0.2) is 250 Å². The van der Waals surface area contributed by atoms with Gasteiger partial charge in [0.1, 0.15) is 37.3 Å². The number of methoxy groups -OCH3 is 1. The number of unbranched alkanes of at least 4 members (excludes halogenated alkanes) is 1. The van der Waals surface area contributed by atoms with Gasteiger partial charge in [0.15, 0.2) is 5.60 Å². The molecule has 0 saturated heterocycles. The van der Waals surface area contributed by atoms with Crippen LogP contribution in [-0.2, 0) is 132 Å². The maximum atomic E-state index is 15.7. The number of ether oxygens (including phenoxy) is 10. The molecule has 2 fully saturated rings. The molecule has 35 nitrogen and oxygen atoms in total. The molecule has 0 bridgehead atoms. The smallest absolute Gasteiger partial charge is 0.343 e. The first kappa shape index (κ1) is 89.5. The van der Waals surface area contributed by atoms with E-state index in [1.165, 1.54) is 23.0 Å². The highest BCUT2D eigenvalue weighted by molar-refractivity contribution is 7.90. The van der Waals surface area contributed by atoms with Crippen LogP contribution in [0.15, 0.2) is 64.8 Å². The summed E-state index contributed by atoms with van der Waals surface area (Å²) in [7, 11) is -2.00. The van der Waals surface area contributed by atoms with Crippen LogP contribution in [0.1, 0.15) is 121 Å². The number of esters is 1. The third-order valence-corrected chi connectivity index (χ3v) is 20.8. The Kier molecular flexibility index (Phi) is 34.1. The average Bonchev–Trinajstić information content (AvgIpc) is 1.58. The van der Waals surface area contributed by atoms with E-state index in [1.807, 2.05) is 0 Å². The number of halogens is 1. The SMILES string of the molecule is COCCOCCOCCOCCOCCOCCOCCOCCNC(=O)[C@H](CCC(=O)NCC(=O)NCC(=O)N[C@@H](Cc1ccccc1)C(=O)NCC(=O)NCO[C@@H](C(=O)N[C@H]1CCc2c(C)c(F)cc3nc4c(c1c23)Cn1c-4cc2c(c1=O)COC(=O)[C@]2(O)CC1CC1)C1CC1)NC(=O)CCCC#Cc1cnc(S(C)(=O)=O)nc1. The summed E-state index contributed by atoms with van der Waals surface area (Å²) in [5.41, 5.74) is 2.29. The average molecular weight is 1650 g/mol. The maximum absolute atomic E-state index is 15.7. The number of aromatic nitrogens is 4. The fourth-order valence-electron chi connectivity index (χ4n) is 13.6. The molecular formula is C80H103FN12O23S. The summed E-state index contributed by atoms with van der Waals surface area (Å²) in [4.78, 5) is 148. The van der Waals surface area contributed by atoms with Crippen molar-refractivity contribution in [3.63, 3.8) is 0 Å². The summed E-state index contributed by atoms with van der Waals surface area (Å²) in [5, 5.41) is 33.3. The number of aliphatic hydroxyl groups is 1. The second-order valence-corrected chi connectivity index (χ2v) is 30.8. The fraction of sp³-hybridized carbons (Fsp3) is 0.562. The van der Waals surface area contributed by atoms with Gasteiger partial charge in [0, 0.05) is 80.6 Å². The molecular weight excluding hydrogens is 1550 g/mol. The van der Waals surface area contributed by atoms with Crippen LogP contribution in [0.3, 0.4) is 0 Å². The number of hydrogen-bond donors (Lipinski definition) is 9. The van der Waals surface area contributed by atoms with Gasteiger partial charge in [-0.05, 0) is 92.0 Å². The number of fused-ring (bicyclic) bond motifs is 5. The number of aryl methyl sites for hydroxylation is 1. The molecule has 2 aliphatic heterocycles. The molecule has 5 aromatic rings. The summed E-state index contributed by atoms with van der Waals surface area (Å²) < 4.78 is 95.5. The molecule has 634 valence electrons. The van der Waals surface area contributed by atoms with E-state index in [0.717, 1.165) is 24.7 Å². The van der Waals surface area contributed by atoms with E-state index in [9.17, 15) is 61.5 Å². The molecule has 0 spiro atoms.